The number of fused-ring (bicyclic) bond motifs is 1. The van der Waals surface area contributed by atoms with E-state index in [2.05, 4.69) is 10.3 Å². The Balaban J connectivity index is 1.41. The maximum atomic E-state index is 12.5. The molecule has 3 aromatic rings. The lowest BCUT2D eigenvalue weighted by Crippen LogP contribution is -2.24. The Bertz CT molecular complexity index is 1120. The third kappa shape index (κ3) is 3.74. The van der Waals surface area contributed by atoms with Crippen LogP contribution in [-0.4, -0.2) is 34.7 Å². The molecule has 0 unspecified atom stereocenters. The molecule has 4 rings (SSSR count). The number of ether oxygens (including phenoxy) is 1. The number of nitrogens with one attached hydrogen (secondary N) is 1. The van der Waals surface area contributed by atoms with Gasteiger partial charge in [-0.3, -0.25) is 19.3 Å². The number of benzene rings is 2. The van der Waals surface area contributed by atoms with Crippen molar-refractivity contribution in [2.75, 3.05) is 12.4 Å². The molecule has 0 atom stereocenters. The highest BCUT2D eigenvalue weighted by Gasteiger charge is 2.32. The zero-order valence-corrected chi connectivity index (χ0v) is 16.6. The second-order valence-corrected chi connectivity index (χ2v) is 7.55. The summed E-state index contributed by atoms with van der Waals surface area (Å²) in [7, 11) is 1.43. The predicted octanol–water partition coefficient (Wildman–Crippen LogP) is 3.51. The number of thiazole rings is 1. The molecule has 0 bridgehead atoms. The quantitative estimate of drug-likeness (QED) is 0.654. The molecule has 3 amide bonds. The van der Waals surface area contributed by atoms with Gasteiger partial charge in [0, 0.05) is 18.1 Å². The van der Waals surface area contributed by atoms with Crippen molar-refractivity contribution in [3.05, 3.63) is 75.2 Å². The standard InChI is InChI=1S/C21H17N3O4S/c1-12-3-6-14(7-4-12)28-10-18-23-17(11-29-18)19(25)22-13-5-8-15-16(9-13)21(27)24(2)20(15)26/h3-9,11H,10H2,1-2H3,(H,22,25). The molecule has 1 aliphatic heterocycles. The van der Waals surface area contributed by atoms with Crippen LogP contribution in [0.3, 0.4) is 0 Å². The van der Waals surface area contributed by atoms with Gasteiger partial charge < -0.3 is 10.1 Å². The molecule has 146 valence electrons. The Morgan fingerprint density at radius 3 is 2.59 bits per heavy atom. The van der Waals surface area contributed by atoms with Crippen molar-refractivity contribution in [2.45, 2.75) is 13.5 Å². The smallest absolute Gasteiger partial charge is 0.275 e. The van der Waals surface area contributed by atoms with E-state index < -0.39 is 5.91 Å². The van der Waals surface area contributed by atoms with Gasteiger partial charge in [-0.15, -0.1) is 11.3 Å². The zero-order chi connectivity index (χ0) is 20.5. The van der Waals surface area contributed by atoms with Crippen LogP contribution < -0.4 is 10.1 Å². The number of imide groups is 1. The van der Waals surface area contributed by atoms with Crippen LogP contribution in [0.15, 0.2) is 47.8 Å². The van der Waals surface area contributed by atoms with Crippen LogP contribution in [0.2, 0.25) is 0 Å². The van der Waals surface area contributed by atoms with Crippen molar-refractivity contribution in [2.24, 2.45) is 0 Å². The number of carbonyl (C=O) groups excluding carboxylic acids is 3. The molecule has 29 heavy (non-hydrogen) atoms. The van der Waals surface area contributed by atoms with Crippen molar-refractivity contribution >= 4 is 34.7 Å². The predicted molar refractivity (Wildman–Crippen MR) is 108 cm³/mol. The number of carbonyl (C=O) groups is 3. The van der Waals surface area contributed by atoms with Crippen LogP contribution in [0, 0.1) is 6.92 Å². The molecule has 1 aliphatic rings. The van der Waals surface area contributed by atoms with E-state index in [1.165, 1.54) is 30.5 Å². The normalized spacial score (nSPS) is 12.8. The van der Waals surface area contributed by atoms with Crippen LogP contribution >= 0.6 is 11.3 Å². The second kappa shape index (κ2) is 7.48. The first kappa shape index (κ1) is 18.8. The van der Waals surface area contributed by atoms with Gasteiger partial charge in [0.2, 0.25) is 0 Å². The Morgan fingerprint density at radius 1 is 1.10 bits per heavy atom. The molecule has 8 heteroatoms. The van der Waals surface area contributed by atoms with E-state index >= 15 is 0 Å². The summed E-state index contributed by atoms with van der Waals surface area (Å²) in [4.78, 5) is 41.9. The molecule has 2 heterocycles. The Morgan fingerprint density at radius 2 is 1.83 bits per heavy atom. The first-order chi connectivity index (χ1) is 13.9. The van der Waals surface area contributed by atoms with Crippen LogP contribution in [0.4, 0.5) is 5.69 Å². The fourth-order valence-electron chi connectivity index (χ4n) is 2.90. The van der Waals surface area contributed by atoms with Crippen molar-refractivity contribution in [1.82, 2.24) is 9.88 Å². The van der Waals surface area contributed by atoms with Gasteiger partial charge in [-0.2, -0.15) is 0 Å². The zero-order valence-electron chi connectivity index (χ0n) is 15.8. The first-order valence-corrected chi connectivity index (χ1v) is 9.72. The molecule has 0 aliphatic carbocycles. The summed E-state index contributed by atoms with van der Waals surface area (Å²) in [6.07, 6.45) is 0. The molecule has 1 aromatic heterocycles. The average Bonchev–Trinajstić information content (AvgIpc) is 3.28. The number of aromatic nitrogens is 1. The summed E-state index contributed by atoms with van der Waals surface area (Å²) < 4.78 is 5.68. The van der Waals surface area contributed by atoms with Crippen LogP contribution in [-0.2, 0) is 6.61 Å². The van der Waals surface area contributed by atoms with E-state index in [1.807, 2.05) is 31.2 Å². The highest BCUT2D eigenvalue weighted by molar-refractivity contribution is 7.09. The van der Waals surface area contributed by atoms with Crippen molar-refractivity contribution in [3.63, 3.8) is 0 Å². The lowest BCUT2D eigenvalue weighted by molar-refractivity contribution is 0.0692. The van der Waals surface area contributed by atoms with Gasteiger partial charge in [0.25, 0.3) is 17.7 Å². The topological polar surface area (TPSA) is 88.6 Å². The minimum absolute atomic E-state index is 0.262. The van der Waals surface area contributed by atoms with Gasteiger partial charge in [0.1, 0.15) is 23.1 Å². The van der Waals surface area contributed by atoms with Crippen molar-refractivity contribution < 1.29 is 19.1 Å². The number of nitrogens with zero attached hydrogens (tertiary/aromatic N) is 2. The SMILES string of the molecule is Cc1ccc(OCc2nc(C(=O)Nc3ccc4c(c3)C(=O)N(C)C4=O)cs2)cc1. The minimum atomic E-state index is -0.395. The van der Waals surface area contributed by atoms with Crippen LogP contribution in [0.25, 0.3) is 0 Å². The van der Waals surface area contributed by atoms with E-state index in [-0.39, 0.29) is 29.7 Å². The maximum Gasteiger partial charge on any atom is 0.275 e. The van der Waals surface area contributed by atoms with Gasteiger partial charge >= 0.3 is 0 Å². The number of amides is 3. The molecule has 1 N–H and O–H groups in total. The summed E-state index contributed by atoms with van der Waals surface area (Å²) in [6, 6.07) is 12.3. The van der Waals surface area contributed by atoms with Gasteiger partial charge in [-0.05, 0) is 37.3 Å². The minimum Gasteiger partial charge on any atom is -0.486 e. The average molecular weight is 407 g/mol. The Hall–Kier alpha value is -3.52. The van der Waals surface area contributed by atoms with E-state index in [0.29, 0.717) is 16.3 Å². The molecular formula is C21H17N3O4S. The van der Waals surface area contributed by atoms with Gasteiger partial charge in [0.05, 0.1) is 11.1 Å². The second-order valence-electron chi connectivity index (χ2n) is 6.61. The summed E-state index contributed by atoms with van der Waals surface area (Å²) in [5.41, 5.74) is 2.45. The molecule has 2 aromatic carbocycles. The molecular weight excluding hydrogens is 390 g/mol. The van der Waals surface area contributed by atoms with Gasteiger partial charge in [-0.25, -0.2) is 4.98 Å². The number of hydrogen-bond acceptors (Lipinski definition) is 6. The van der Waals surface area contributed by atoms with Crippen LogP contribution in [0.5, 0.6) is 5.75 Å². The van der Waals surface area contributed by atoms with E-state index in [0.717, 1.165) is 16.2 Å². The molecule has 0 saturated carbocycles. The largest absolute Gasteiger partial charge is 0.486 e. The first-order valence-electron chi connectivity index (χ1n) is 8.84. The lowest BCUT2D eigenvalue weighted by atomic mass is 10.1. The number of aryl methyl sites for hydroxylation is 1. The third-order valence-electron chi connectivity index (χ3n) is 4.52. The molecule has 0 spiro atoms. The maximum absolute atomic E-state index is 12.5. The Labute approximate surface area is 170 Å². The number of rotatable bonds is 5. The molecule has 0 fully saturated rings. The fraction of sp³-hybridized carbons (Fsp3) is 0.143. The van der Waals surface area contributed by atoms with Crippen LogP contribution in [0.1, 0.15) is 41.8 Å². The molecule has 0 radical (unpaired) electrons. The summed E-state index contributed by atoms with van der Waals surface area (Å²) >= 11 is 1.33. The fourth-order valence-corrected chi connectivity index (χ4v) is 3.58. The van der Waals surface area contributed by atoms with Crippen molar-refractivity contribution in [1.29, 1.82) is 0 Å². The lowest BCUT2D eigenvalue weighted by Gasteiger charge is -2.05. The highest BCUT2D eigenvalue weighted by atomic mass is 32.1. The third-order valence-corrected chi connectivity index (χ3v) is 5.34. The number of anilines is 1. The number of hydrogen-bond donors (Lipinski definition) is 1. The summed E-state index contributed by atoms with van der Waals surface area (Å²) in [5, 5.41) is 5.04. The van der Waals surface area contributed by atoms with E-state index in [4.69, 9.17) is 4.74 Å². The molecule has 7 nitrogen and oxygen atoms in total. The van der Waals surface area contributed by atoms with E-state index in [9.17, 15) is 14.4 Å². The summed E-state index contributed by atoms with van der Waals surface area (Å²) in [5.74, 6) is -0.391. The van der Waals surface area contributed by atoms with E-state index in [1.54, 1.807) is 11.4 Å². The van der Waals surface area contributed by atoms with Gasteiger partial charge in [0.15, 0.2) is 0 Å². The molecule has 0 saturated heterocycles. The monoisotopic (exact) mass is 407 g/mol. The van der Waals surface area contributed by atoms with Gasteiger partial charge in [-0.1, -0.05) is 17.7 Å². The summed E-state index contributed by atoms with van der Waals surface area (Å²) in [6.45, 7) is 2.27. The van der Waals surface area contributed by atoms with Crippen molar-refractivity contribution in [3.8, 4) is 5.75 Å². The Kier molecular flexibility index (Phi) is 4.85. The highest BCUT2D eigenvalue weighted by Crippen LogP contribution is 2.25.